The van der Waals surface area contributed by atoms with E-state index in [1.54, 1.807) is 18.5 Å². The van der Waals surface area contributed by atoms with Crippen molar-refractivity contribution in [1.29, 1.82) is 0 Å². The number of nitrogens with zero attached hydrogens (tertiary/aromatic N) is 2. The summed E-state index contributed by atoms with van der Waals surface area (Å²) in [4.78, 5) is 4.11. The summed E-state index contributed by atoms with van der Waals surface area (Å²) in [5, 5.41) is 16.4. The normalized spacial score (nSPS) is 9.36. The molecule has 0 aliphatic heterocycles. The maximum Gasteiger partial charge on any atom is 0.283 e. The fraction of sp³-hybridized carbons (Fsp3) is 0.111. The van der Waals surface area contributed by atoms with Crippen LogP contribution in [0.3, 0.4) is 0 Å². The summed E-state index contributed by atoms with van der Waals surface area (Å²) in [5.74, 6) is 0. The molecule has 0 atom stereocenters. The Kier molecular flexibility index (Phi) is 3.79. The average molecular weight is 258 g/mol. The van der Waals surface area contributed by atoms with Crippen molar-refractivity contribution in [3.63, 3.8) is 0 Å². The van der Waals surface area contributed by atoms with Crippen LogP contribution in [0.4, 0.5) is 0 Å². The lowest BCUT2D eigenvalue weighted by atomic mass is 10.3. The Balaban J connectivity index is 0.000000461. The van der Waals surface area contributed by atoms with E-state index in [0.29, 0.717) is 5.52 Å². The lowest BCUT2D eigenvalue weighted by Gasteiger charge is -1.92. The van der Waals surface area contributed by atoms with E-state index in [4.69, 9.17) is 5.11 Å². The van der Waals surface area contributed by atoms with Crippen molar-refractivity contribution in [2.24, 2.45) is 0 Å². The molecule has 0 aromatic carbocycles. The molecule has 0 amide bonds. The Bertz CT molecular complexity index is 434. The molecule has 2 aromatic rings. The van der Waals surface area contributed by atoms with E-state index >= 15 is 0 Å². The molecular formula is C9H10BrN2O2+. The third kappa shape index (κ3) is 2.18. The number of rotatable bonds is 0. The first kappa shape index (κ1) is 10.9. The van der Waals surface area contributed by atoms with Gasteiger partial charge in [0.1, 0.15) is 5.52 Å². The Morgan fingerprint density at radius 2 is 2.14 bits per heavy atom. The number of pyridine rings is 2. The van der Waals surface area contributed by atoms with Crippen molar-refractivity contribution in [2.45, 2.75) is 0 Å². The number of fused-ring (bicyclic) bond motifs is 1. The van der Waals surface area contributed by atoms with E-state index in [-0.39, 0.29) is 0 Å². The first-order chi connectivity index (χ1) is 6.77. The zero-order valence-corrected chi connectivity index (χ0v) is 9.14. The molecule has 0 unspecified atom stereocenters. The molecule has 2 aromatic heterocycles. The SMILES string of the molecule is CO.O[n+]1cccc2ncc(Br)cc21. The van der Waals surface area contributed by atoms with Crippen LogP contribution in [0.5, 0.6) is 0 Å². The second-order valence-corrected chi connectivity index (χ2v) is 3.33. The third-order valence-corrected chi connectivity index (χ3v) is 2.03. The highest BCUT2D eigenvalue weighted by Gasteiger charge is 2.07. The minimum Gasteiger partial charge on any atom is -0.400 e. The van der Waals surface area contributed by atoms with Gasteiger partial charge in [0.05, 0.1) is 0 Å². The van der Waals surface area contributed by atoms with Gasteiger partial charge in [-0.2, -0.15) is 0 Å². The summed E-state index contributed by atoms with van der Waals surface area (Å²) in [6.07, 6.45) is 3.26. The molecule has 74 valence electrons. The molecule has 2 N–H and O–H groups in total. The first-order valence-corrected chi connectivity index (χ1v) is 4.66. The van der Waals surface area contributed by atoms with Crippen LogP contribution in [-0.2, 0) is 0 Å². The smallest absolute Gasteiger partial charge is 0.283 e. The number of halogens is 1. The fourth-order valence-electron chi connectivity index (χ4n) is 1.05. The van der Waals surface area contributed by atoms with Crippen LogP contribution < -0.4 is 4.73 Å². The minimum absolute atomic E-state index is 0.687. The van der Waals surface area contributed by atoms with Gasteiger partial charge in [0.25, 0.3) is 5.52 Å². The Hall–Kier alpha value is -1.20. The van der Waals surface area contributed by atoms with Crippen LogP contribution in [0.2, 0.25) is 0 Å². The van der Waals surface area contributed by atoms with Crippen LogP contribution >= 0.6 is 15.9 Å². The van der Waals surface area contributed by atoms with Crippen LogP contribution in [0, 0.1) is 0 Å². The van der Waals surface area contributed by atoms with Gasteiger partial charge in [-0.05, 0) is 22.0 Å². The monoisotopic (exact) mass is 257 g/mol. The number of hydrogen-bond acceptors (Lipinski definition) is 3. The largest absolute Gasteiger partial charge is 0.400 e. The topological polar surface area (TPSA) is 57.2 Å². The van der Waals surface area contributed by atoms with Crippen molar-refractivity contribution in [1.82, 2.24) is 4.98 Å². The van der Waals surface area contributed by atoms with Gasteiger partial charge in [0.2, 0.25) is 6.20 Å². The molecule has 0 aliphatic carbocycles. The molecule has 0 aliphatic rings. The molecule has 0 fully saturated rings. The first-order valence-electron chi connectivity index (χ1n) is 3.87. The van der Waals surface area contributed by atoms with Gasteiger partial charge >= 0.3 is 0 Å². The highest BCUT2D eigenvalue weighted by Crippen LogP contribution is 2.12. The summed E-state index contributed by atoms with van der Waals surface area (Å²) in [6, 6.07) is 5.39. The zero-order chi connectivity index (χ0) is 10.6. The van der Waals surface area contributed by atoms with E-state index in [1.165, 1.54) is 0 Å². The zero-order valence-electron chi connectivity index (χ0n) is 7.55. The number of aliphatic hydroxyl groups excluding tert-OH is 1. The van der Waals surface area contributed by atoms with Crippen LogP contribution in [0.15, 0.2) is 35.1 Å². The quantitative estimate of drug-likeness (QED) is 0.550. The van der Waals surface area contributed by atoms with Gasteiger partial charge in [-0.1, -0.05) is 0 Å². The van der Waals surface area contributed by atoms with Crippen molar-refractivity contribution in [3.8, 4) is 0 Å². The molecule has 0 spiro atoms. The van der Waals surface area contributed by atoms with Crippen molar-refractivity contribution in [2.75, 3.05) is 7.11 Å². The van der Waals surface area contributed by atoms with E-state index in [1.807, 2.05) is 12.1 Å². The highest BCUT2D eigenvalue weighted by molar-refractivity contribution is 9.10. The van der Waals surface area contributed by atoms with Gasteiger partial charge in [0, 0.05) is 34.6 Å². The van der Waals surface area contributed by atoms with Crippen molar-refractivity contribution in [3.05, 3.63) is 35.1 Å². The molecule has 0 saturated carbocycles. The molecule has 14 heavy (non-hydrogen) atoms. The van der Waals surface area contributed by atoms with Gasteiger partial charge in [-0.3, -0.25) is 5.21 Å². The molecule has 4 nitrogen and oxygen atoms in total. The van der Waals surface area contributed by atoms with E-state index in [9.17, 15) is 5.21 Å². The van der Waals surface area contributed by atoms with Gasteiger partial charge < -0.3 is 5.11 Å². The minimum atomic E-state index is 0.687. The number of aromatic nitrogens is 2. The Morgan fingerprint density at radius 3 is 2.86 bits per heavy atom. The van der Waals surface area contributed by atoms with Crippen LogP contribution in [-0.4, -0.2) is 22.4 Å². The maximum absolute atomic E-state index is 9.35. The maximum atomic E-state index is 9.35. The third-order valence-electron chi connectivity index (χ3n) is 1.59. The molecule has 5 heteroatoms. The summed E-state index contributed by atoms with van der Waals surface area (Å²) < 4.78 is 1.90. The molecule has 2 heterocycles. The second-order valence-electron chi connectivity index (χ2n) is 2.41. The predicted molar refractivity (Wildman–Crippen MR) is 55.0 cm³/mol. The number of hydrogen-bond donors (Lipinski definition) is 2. The summed E-state index contributed by atoms with van der Waals surface area (Å²) in [5.41, 5.74) is 1.45. The van der Waals surface area contributed by atoms with Gasteiger partial charge in [0.15, 0.2) is 0 Å². The van der Waals surface area contributed by atoms with Crippen molar-refractivity contribution < 1.29 is 15.0 Å². The Morgan fingerprint density at radius 1 is 1.43 bits per heavy atom. The van der Waals surface area contributed by atoms with E-state index < -0.39 is 0 Å². The van der Waals surface area contributed by atoms with Crippen LogP contribution in [0.25, 0.3) is 11.0 Å². The van der Waals surface area contributed by atoms with Gasteiger partial charge in [-0.25, -0.2) is 4.98 Å². The average Bonchev–Trinajstić information content (AvgIpc) is 2.22. The summed E-state index contributed by atoms with van der Waals surface area (Å²) in [6.45, 7) is 0. The predicted octanol–water partition coefficient (Wildman–Crippen LogP) is 1.13. The van der Waals surface area contributed by atoms with Crippen molar-refractivity contribution >= 4 is 27.0 Å². The highest BCUT2D eigenvalue weighted by atomic mass is 79.9. The van der Waals surface area contributed by atoms with E-state index in [0.717, 1.165) is 21.8 Å². The summed E-state index contributed by atoms with van der Waals surface area (Å²) in [7, 11) is 1.00. The van der Waals surface area contributed by atoms with Crippen LogP contribution in [0.1, 0.15) is 0 Å². The Labute approximate surface area is 89.5 Å². The molecule has 2 rings (SSSR count). The standard InChI is InChI=1S/C8H6BrN2O.CH4O/c9-6-4-8-7(10-5-6)2-1-3-11(8)12;1-2/h1-5,12H;2H,1H3/q+1;. The van der Waals surface area contributed by atoms with Gasteiger partial charge in [-0.15, -0.1) is 0 Å². The molecular weight excluding hydrogens is 248 g/mol. The molecule has 0 saturated heterocycles. The van der Waals surface area contributed by atoms with E-state index in [2.05, 4.69) is 20.9 Å². The molecule has 0 bridgehead atoms. The second kappa shape index (κ2) is 4.88. The lowest BCUT2D eigenvalue weighted by Crippen LogP contribution is -2.29. The number of aliphatic hydroxyl groups is 1. The molecule has 0 radical (unpaired) electrons. The summed E-state index contributed by atoms with van der Waals surface area (Å²) >= 11 is 3.28. The lowest BCUT2D eigenvalue weighted by molar-refractivity contribution is -0.884. The fourth-order valence-corrected chi connectivity index (χ4v) is 1.37.